The zero-order valence-corrected chi connectivity index (χ0v) is 12.0. The minimum absolute atomic E-state index is 0.274. The van der Waals surface area contributed by atoms with Crippen molar-refractivity contribution in [3.8, 4) is 0 Å². The Labute approximate surface area is 107 Å². The number of carbonyl (C=O) groups excluding carboxylic acids is 1. The van der Waals surface area contributed by atoms with E-state index in [1.807, 2.05) is 4.90 Å². The molecular formula is C14H30N2O. The van der Waals surface area contributed by atoms with Gasteiger partial charge in [-0.05, 0) is 31.2 Å². The van der Waals surface area contributed by atoms with E-state index in [1.54, 1.807) is 0 Å². The Bertz CT molecular complexity index is 204. The molecule has 0 aliphatic carbocycles. The van der Waals surface area contributed by atoms with Gasteiger partial charge in [0.2, 0.25) is 5.91 Å². The maximum Gasteiger partial charge on any atom is 0.222 e. The molecule has 0 rings (SSSR count). The molecule has 1 atom stereocenters. The SMILES string of the molecule is CCCN(C[C@@H](CC)C(C)C)C(=O)CCCN. The Balaban J connectivity index is 4.34. The van der Waals surface area contributed by atoms with Gasteiger partial charge in [0, 0.05) is 19.5 Å². The van der Waals surface area contributed by atoms with Gasteiger partial charge in [0.25, 0.3) is 0 Å². The molecule has 0 aromatic heterocycles. The van der Waals surface area contributed by atoms with Crippen LogP contribution in [0.1, 0.15) is 53.4 Å². The predicted octanol–water partition coefficient (Wildman–Crippen LogP) is 2.65. The maximum atomic E-state index is 12.0. The largest absolute Gasteiger partial charge is 0.342 e. The van der Waals surface area contributed by atoms with Gasteiger partial charge in [0.05, 0.1) is 0 Å². The molecule has 17 heavy (non-hydrogen) atoms. The van der Waals surface area contributed by atoms with Crippen molar-refractivity contribution in [3.63, 3.8) is 0 Å². The smallest absolute Gasteiger partial charge is 0.222 e. The summed E-state index contributed by atoms with van der Waals surface area (Å²) in [6, 6.07) is 0. The molecule has 0 saturated heterocycles. The summed E-state index contributed by atoms with van der Waals surface area (Å²) >= 11 is 0. The van der Waals surface area contributed by atoms with Crippen LogP contribution in [0.25, 0.3) is 0 Å². The fourth-order valence-electron chi connectivity index (χ4n) is 2.09. The van der Waals surface area contributed by atoms with Crippen molar-refractivity contribution in [2.45, 2.75) is 53.4 Å². The van der Waals surface area contributed by atoms with Gasteiger partial charge in [-0.1, -0.05) is 34.1 Å². The summed E-state index contributed by atoms with van der Waals surface area (Å²) in [6.07, 6.45) is 3.58. The van der Waals surface area contributed by atoms with E-state index in [-0.39, 0.29) is 5.91 Å². The number of nitrogens with two attached hydrogens (primary N) is 1. The van der Waals surface area contributed by atoms with Crippen LogP contribution in [0.2, 0.25) is 0 Å². The molecule has 0 spiro atoms. The Morgan fingerprint density at radius 2 is 1.94 bits per heavy atom. The minimum Gasteiger partial charge on any atom is -0.342 e. The maximum absolute atomic E-state index is 12.0. The fourth-order valence-corrected chi connectivity index (χ4v) is 2.09. The van der Waals surface area contributed by atoms with Crippen LogP contribution in [0.15, 0.2) is 0 Å². The van der Waals surface area contributed by atoms with Crippen molar-refractivity contribution in [3.05, 3.63) is 0 Å². The molecular weight excluding hydrogens is 212 g/mol. The van der Waals surface area contributed by atoms with Gasteiger partial charge in [-0.3, -0.25) is 4.79 Å². The second kappa shape index (κ2) is 9.46. The van der Waals surface area contributed by atoms with Crippen molar-refractivity contribution in [2.24, 2.45) is 17.6 Å². The van der Waals surface area contributed by atoms with E-state index in [0.29, 0.717) is 24.8 Å². The molecule has 0 radical (unpaired) electrons. The second-order valence-corrected chi connectivity index (χ2v) is 5.14. The molecule has 102 valence electrons. The number of amides is 1. The average molecular weight is 242 g/mol. The number of carbonyl (C=O) groups is 1. The number of nitrogens with zero attached hydrogens (tertiary/aromatic N) is 1. The summed E-state index contributed by atoms with van der Waals surface area (Å²) in [5.74, 6) is 1.53. The highest BCUT2D eigenvalue weighted by molar-refractivity contribution is 5.76. The summed E-state index contributed by atoms with van der Waals surface area (Å²) in [6.45, 7) is 11.2. The Morgan fingerprint density at radius 3 is 2.35 bits per heavy atom. The van der Waals surface area contributed by atoms with Crippen LogP contribution in [0.5, 0.6) is 0 Å². The summed E-state index contributed by atoms with van der Waals surface area (Å²) in [4.78, 5) is 14.1. The first-order valence-corrected chi connectivity index (χ1v) is 7.04. The third-order valence-corrected chi connectivity index (χ3v) is 3.36. The lowest BCUT2D eigenvalue weighted by atomic mass is 9.92. The van der Waals surface area contributed by atoms with Gasteiger partial charge in [-0.2, -0.15) is 0 Å². The van der Waals surface area contributed by atoms with Gasteiger partial charge in [-0.15, -0.1) is 0 Å². The summed E-state index contributed by atoms with van der Waals surface area (Å²) in [5, 5.41) is 0. The molecule has 0 aromatic rings. The van der Waals surface area contributed by atoms with Crippen LogP contribution < -0.4 is 5.73 Å². The molecule has 0 saturated carbocycles. The second-order valence-electron chi connectivity index (χ2n) is 5.14. The molecule has 3 nitrogen and oxygen atoms in total. The molecule has 0 aliphatic rings. The lowest BCUT2D eigenvalue weighted by Crippen LogP contribution is -2.37. The van der Waals surface area contributed by atoms with Gasteiger partial charge >= 0.3 is 0 Å². The number of rotatable bonds is 9. The van der Waals surface area contributed by atoms with E-state index in [4.69, 9.17) is 5.73 Å². The molecule has 0 aliphatic heterocycles. The van der Waals surface area contributed by atoms with E-state index in [1.165, 1.54) is 0 Å². The molecule has 0 bridgehead atoms. The van der Waals surface area contributed by atoms with Gasteiger partial charge in [0.1, 0.15) is 0 Å². The van der Waals surface area contributed by atoms with Crippen LogP contribution in [0, 0.1) is 11.8 Å². The highest BCUT2D eigenvalue weighted by atomic mass is 16.2. The molecule has 1 amide bonds. The van der Waals surface area contributed by atoms with Crippen molar-refractivity contribution in [1.82, 2.24) is 4.90 Å². The first kappa shape index (κ1) is 16.4. The minimum atomic E-state index is 0.274. The predicted molar refractivity (Wildman–Crippen MR) is 73.8 cm³/mol. The Kier molecular flexibility index (Phi) is 9.14. The Hall–Kier alpha value is -0.570. The van der Waals surface area contributed by atoms with Crippen LogP contribution in [-0.2, 0) is 4.79 Å². The van der Waals surface area contributed by atoms with E-state index >= 15 is 0 Å². The fraction of sp³-hybridized carbons (Fsp3) is 0.929. The molecule has 3 heteroatoms. The van der Waals surface area contributed by atoms with E-state index < -0.39 is 0 Å². The summed E-state index contributed by atoms with van der Waals surface area (Å²) in [7, 11) is 0. The van der Waals surface area contributed by atoms with Crippen molar-refractivity contribution in [2.75, 3.05) is 19.6 Å². The highest BCUT2D eigenvalue weighted by Gasteiger charge is 2.19. The van der Waals surface area contributed by atoms with E-state index in [9.17, 15) is 4.79 Å². The van der Waals surface area contributed by atoms with Crippen LogP contribution in [-0.4, -0.2) is 30.4 Å². The number of hydrogen-bond acceptors (Lipinski definition) is 2. The van der Waals surface area contributed by atoms with Gasteiger partial charge in [0.15, 0.2) is 0 Å². The highest BCUT2D eigenvalue weighted by Crippen LogP contribution is 2.17. The van der Waals surface area contributed by atoms with Gasteiger partial charge in [-0.25, -0.2) is 0 Å². The van der Waals surface area contributed by atoms with Crippen molar-refractivity contribution >= 4 is 5.91 Å². The standard InChI is InChI=1S/C14H30N2O/c1-5-10-16(14(17)8-7-9-15)11-13(6-2)12(3)4/h12-13H,5-11,15H2,1-4H3/t13-/m1/s1. The van der Waals surface area contributed by atoms with Crippen molar-refractivity contribution in [1.29, 1.82) is 0 Å². The quantitative estimate of drug-likeness (QED) is 0.675. The van der Waals surface area contributed by atoms with Gasteiger partial charge < -0.3 is 10.6 Å². The molecule has 2 N–H and O–H groups in total. The topological polar surface area (TPSA) is 46.3 Å². The first-order valence-electron chi connectivity index (χ1n) is 7.04. The Morgan fingerprint density at radius 1 is 1.29 bits per heavy atom. The van der Waals surface area contributed by atoms with Crippen LogP contribution >= 0.6 is 0 Å². The summed E-state index contributed by atoms with van der Waals surface area (Å²) < 4.78 is 0. The third kappa shape index (κ3) is 6.67. The zero-order valence-electron chi connectivity index (χ0n) is 12.0. The third-order valence-electron chi connectivity index (χ3n) is 3.36. The lowest BCUT2D eigenvalue weighted by Gasteiger charge is -2.29. The first-order chi connectivity index (χ1) is 8.06. The monoisotopic (exact) mass is 242 g/mol. The van der Waals surface area contributed by atoms with Crippen LogP contribution in [0.3, 0.4) is 0 Å². The molecule has 0 unspecified atom stereocenters. The lowest BCUT2D eigenvalue weighted by molar-refractivity contribution is -0.132. The van der Waals surface area contributed by atoms with E-state index in [0.717, 1.165) is 32.4 Å². The average Bonchev–Trinajstić information content (AvgIpc) is 2.30. The molecule has 0 fully saturated rings. The number of hydrogen-bond donors (Lipinski definition) is 1. The molecule has 0 heterocycles. The normalized spacial score (nSPS) is 12.8. The molecule has 0 aromatic carbocycles. The van der Waals surface area contributed by atoms with Crippen LogP contribution in [0.4, 0.5) is 0 Å². The zero-order chi connectivity index (χ0) is 13.3. The van der Waals surface area contributed by atoms with E-state index in [2.05, 4.69) is 27.7 Å². The summed E-state index contributed by atoms with van der Waals surface area (Å²) in [5.41, 5.74) is 5.46. The van der Waals surface area contributed by atoms with Crippen molar-refractivity contribution < 1.29 is 4.79 Å².